The summed E-state index contributed by atoms with van der Waals surface area (Å²) in [6, 6.07) is 7.94. The van der Waals surface area contributed by atoms with Crippen molar-refractivity contribution in [3.63, 3.8) is 0 Å². The van der Waals surface area contributed by atoms with Gasteiger partial charge in [-0.05, 0) is 55.8 Å². The van der Waals surface area contributed by atoms with Crippen molar-refractivity contribution in [3.05, 3.63) is 35.4 Å². The van der Waals surface area contributed by atoms with E-state index in [0.717, 1.165) is 49.4 Å². The van der Waals surface area contributed by atoms with Gasteiger partial charge in [0.15, 0.2) is 0 Å². The summed E-state index contributed by atoms with van der Waals surface area (Å²) < 4.78 is 0. The number of carbonyl (C=O) groups excluding carboxylic acids is 1. The third kappa shape index (κ3) is 4.57. The maximum atomic E-state index is 12.7. The van der Waals surface area contributed by atoms with Gasteiger partial charge in [-0.25, -0.2) is 0 Å². The monoisotopic (exact) mass is 288 g/mol. The highest BCUT2D eigenvalue weighted by molar-refractivity contribution is 5.94. The fourth-order valence-electron chi connectivity index (χ4n) is 3.27. The van der Waals surface area contributed by atoms with E-state index in [0.29, 0.717) is 6.54 Å². The summed E-state index contributed by atoms with van der Waals surface area (Å²) in [7, 11) is 0. The fraction of sp³-hybridized carbons (Fsp3) is 0.611. The first-order valence-electron chi connectivity index (χ1n) is 8.33. The third-order valence-corrected chi connectivity index (χ3v) is 4.44. The molecule has 1 aromatic rings. The molecule has 1 fully saturated rings. The van der Waals surface area contributed by atoms with Gasteiger partial charge in [0.1, 0.15) is 0 Å². The molecule has 1 saturated heterocycles. The molecule has 1 aliphatic rings. The average molecular weight is 288 g/mol. The van der Waals surface area contributed by atoms with Crippen molar-refractivity contribution in [3.8, 4) is 0 Å². The molecule has 1 heterocycles. The zero-order valence-electron chi connectivity index (χ0n) is 13.2. The maximum absolute atomic E-state index is 12.7. The molecule has 1 unspecified atom stereocenters. The summed E-state index contributed by atoms with van der Waals surface area (Å²) in [5.74, 6) is 0.988. The SMILES string of the molecule is CCCC1CCCN(C(=O)c2cccc(CCN)c2)CC1. The Hall–Kier alpha value is -1.35. The van der Waals surface area contributed by atoms with E-state index in [4.69, 9.17) is 5.73 Å². The smallest absolute Gasteiger partial charge is 0.253 e. The van der Waals surface area contributed by atoms with Crippen molar-refractivity contribution in [2.24, 2.45) is 11.7 Å². The van der Waals surface area contributed by atoms with Gasteiger partial charge in [-0.1, -0.05) is 31.9 Å². The molecule has 0 spiro atoms. The summed E-state index contributed by atoms with van der Waals surface area (Å²) in [4.78, 5) is 14.7. The number of nitrogens with zero attached hydrogens (tertiary/aromatic N) is 1. The molecule has 3 heteroatoms. The Balaban J connectivity index is 2.00. The highest BCUT2D eigenvalue weighted by Crippen LogP contribution is 2.23. The number of benzene rings is 1. The molecule has 0 bridgehead atoms. The Kier molecular flexibility index (Phi) is 6.24. The highest BCUT2D eigenvalue weighted by atomic mass is 16.2. The molecule has 0 saturated carbocycles. The van der Waals surface area contributed by atoms with Crippen LogP contribution in [-0.2, 0) is 6.42 Å². The second-order valence-corrected chi connectivity index (χ2v) is 6.12. The molecule has 1 aromatic carbocycles. The van der Waals surface area contributed by atoms with Crippen molar-refractivity contribution < 1.29 is 4.79 Å². The van der Waals surface area contributed by atoms with Crippen LogP contribution in [0.3, 0.4) is 0 Å². The molecule has 1 atom stereocenters. The van der Waals surface area contributed by atoms with Crippen LogP contribution in [0.2, 0.25) is 0 Å². The molecule has 1 amide bonds. The molecule has 116 valence electrons. The van der Waals surface area contributed by atoms with Crippen LogP contribution in [-0.4, -0.2) is 30.4 Å². The van der Waals surface area contributed by atoms with Gasteiger partial charge in [0, 0.05) is 18.7 Å². The second-order valence-electron chi connectivity index (χ2n) is 6.12. The molecule has 2 N–H and O–H groups in total. The van der Waals surface area contributed by atoms with Crippen molar-refractivity contribution in [2.75, 3.05) is 19.6 Å². The molecule has 0 aliphatic carbocycles. The number of likely N-dealkylation sites (tertiary alicyclic amines) is 1. The number of hydrogen-bond donors (Lipinski definition) is 1. The lowest BCUT2D eigenvalue weighted by Gasteiger charge is -2.21. The summed E-state index contributed by atoms with van der Waals surface area (Å²) in [6.07, 6.45) is 6.94. The molecular formula is C18H28N2O. The minimum atomic E-state index is 0.186. The zero-order chi connectivity index (χ0) is 15.1. The normalized spacial score (nSPS) is 19.3. The van der Waals surface area contributed by atoms with Crippen LogP contribution in [0.25, 0.3) is 0 Å². The largest absolute Gasteiger partial charge is 0.339 e. The Morgan fingerprint density at radius 2 is 2.19 bits per heavy atom. The van der Waals surface area contributed by atoms with Crippen molar-refractivity contribution in [1.82, 2.24) is 4.90 Å². The Morgan fingerprint density at radius 3 is 2.95 bits per heavy atom. The second kappa shape index (κ2) is 8.18. The summed E-state index contributed by atoms with van der Waals surface area (Å²) in [5, 5.41) is 0. The van der Waals surface area contributed by atoms with E-state index in [9.17, 15) is 4.79 Å². The molecule has 3 nitrogen and oxygen atoms in total. The van der Waals surface area contributed by atoms with E-state index in [2.05, 4.69) is 6.92 Å². The quantitative estimate of drug-likeness (QED) is 0.904. The number of hydrogen-bond acceptors (Lipinski definition) is 2. The van der Waals surface area contributed by atoms with Crippen molar-refractivity contribution in [2.45, 2.75) is 45.4 Å². The van der Waals surface area contributed by atoms with Gasteiger partial charge in [0.05, 0.1) is 0 Å². The maximum Gasteiger partial charge on any atom is 0.253 e. The lowest BCUT2D eigenvalue weighted by Crippen LogP contribution is -2.32. The van der Waals surface area contributed by atoms with Crippen molar-refractivity contribution >= 4 is 5.91 Å². The molecular weight excluding hydrogens is 260 g/mol. The predicted molar refractivity (Wildman–Crippen MR) is 87.4 cm³/mol. The van der Waals surface area contributed by atoms with Gasteiger partial charge in [-0.15, -0.1) is 0 Å². The van der Waals surface area contributed by atoms with E-state index >= 15 is 0 Å². The van der Waals surface area contributed by atoms with Gasteiger partial charge in [-0.3, -0.25) is 4.79 Å². The first-order valence-corrected chi connectivity index (χ1v) is 8.33. The number of amides is 1. The third-order valence-electron chi connectivity index (χ3n) is 4.44. The van der Waals surface area contributed by atoms with Crippen LogP contribution in [0.1, 0.15) is 54.9 Å². The van der Waals surface area contributed by atoms with Gasteiger partial charge in [0.2, 0.25) is 0 Å². The Labute approximate surface area is 128 Å². The summed E-state index contributed by atoms with van der Waals surface area (Å²) in [6.45, 7) is 4.68. The number of rotatable bonds is 5. The van der Waals surface area contributed by atoms with E-state index in [1.807, 2.05) is 29.2 Å². The van der Waals surface area contributed by atoms with Crippen molar-refractivity contribution in [1.29, 1.82) is 0 Å². The minimum absolute atomic E-state index is 0.186. The predicted octanol–water partition coefficient (Wildman–Crippen LogP) is 3.23. The standard InChI is InChI=1S/C18H28N2O/c1-2-5-15-7-4-12-20(13-10-15)18(21)17-8-3-6-16(14-17)9-11-19/h3,6,8,14-15H,2,4-5,7,9-13,19H2,1H3. The molecule has 0 aromatic heterocycles. The van der Waals surface area contributed by atoms with Crippen LogP contribution >= 0.6 is 0 Å². The minimum Gasteiger partial charge on any atom is -0.339 e. The van der Waals surface area contributed by atoms with E-state index < -0.39 is 0 Å². The van der Waals surface area contributed by atoms with E-state index in [-0.39, 0.29) is 5.91 Å². The average Bonchev–Trinajstić information content (AvgIpc) is 2.73. The Morgan fingerprint density at radius 1 is 1.33 bits per heavy atom. The van der Waals surface area contributed by atoms with Crippen LogP contribution in [0.5, 0.6) is 0 Å². The Bertz CT molecular complexity index is 458. The number of nitrogens with two attached hydrogens (primary N) is 1. The van der Waals surface area contributed by atoms with Crippen LogP contribution < -0.4 is 5.73 Å². The van der Waals surface area contributed by atoms with Gasteiger partial charge >= 0.3 is 0 Å². The highest BCUT2D eigenvalue weighted by Gasteiger charge is 2.21. The molecule has 2 rings (SSSR count). The molecule has 0 radical (unpaired) electrons. The summed E-state index contributed by atoms with van der Waals surface area (Å²) >= 11 is 0. The number of carbonyl (C=O) groups is 1. The zero-order valence-corrected chi connectivity index (χ0v) is 13.2. The lowest BCUT2D eigenvalue weighted by atomic mass is 9.96. The molecule has 21 heavy (non-hydrogen) atoms. The van der Waals surface area contributed by atoms with E-state index in [1.54, 1.807) is 0 Å². The summed E-state index contributed by atoms with van der Waals surface area (Å²) in [5.41, 5.74) is 7.57. The lowest BCUT2D eigenvalue weighted by molar-refractivity contribution is 0.0759. The topological polar surface area (TPSA) is 46.3 Å². The van der Waals surface area contributed by atoms with Crippen LogP contribution in [0.4, 0.5) is 0 Å². The molecule has 1 aliphatic heterocycles. The van der Waals surface area contributed by atoms with E-state index in [1.165, 1.54) is 19.3 Å². The van der Waals surface area contributed by atoms with Crippen LogP contribution in [0.15, 0.2) is 24.3 Å². The fourth-order valence-corrected chi connectivity index (χ4v) is 3.27. The van der Waals surface area contributed by atoms with Gasteiger partial charge in [-0.2, -0.15) is 0 Å². The first kappa shape index (κ1) is 16.0. The first-order chi connectivity index (χ1) is 10.2. The van der Waals surface area contributed by atoms with Gasteiger partial charge < -0.3 is 10.6 Å². The van der Waals surface area contributed by atoms with Crippen LogP contribution in [0, 0.1) is 5.92 Å². The van der Waals surface area contributed by atoms with Gasteiger partial charge in [0.25, 0.3) is 5.91 Å².